The quantitative estimate of drug-likeness (QED) is 0.391. The number of ether oxygens (including phenoxy) is 1. The first-order valence-electron chi connectivity index (χ1n) is 9.49. The largest absolute Gasteiger partial charge is 0.483 e. The molecule has 0 atom stereocenters. The van der Waals surface area contributed by atoms with Gasteiger partial charge in [0, 0.05) is 0 Å². The Morgan fingerprint density at radius 3 is 2.45 bits per heavy atom. The minimum absolute atomic E-state index is 0.0490. The maximum atomic E-state index is 12.1. The Labute approximate surface area is 180 Å². The van der Waals surface area contributed by atoms with Crippen molar-refractivity contribution < 1.29 is 9.53 Å². The number of hydrogen-bond donors (Lipinski definition) is 1. The first kappa shape index (κ1) is 21.1. The molecule has 0 bridgehead atoms. The SMILES string of the molecule is C/C(=N\NC(=O)COc1ccc(C(C)(C)C)cc1Br)c1ccc2ccccc2c1. The molecule has 0 radical (unpaired) electrons. The van der Waals surface area contributed by atoms with E-state index in [-0.39, 0.29) is 17.9 Å². The number of rotatable bonds is 5. The van der Waals surface area contributed by atoms with Crippen molar-refractivity contribution in [2.24, 2.45) is 5.10 Å². The fraction of sp³-hybridized carbons (Fsp3) is 0.250. The highest BCUT2D eigenvalue weighted by atomic mass is 79.9. The second kappa shape index (κ2) is 8.78. The molecule has 0 aliphatic rings. The molecule has 150 valence electrons. The lowest BCUT2D eigenvalue weighted by Crippen LogP contribution is -2.25. The molecule has 0 spiro atoms. The monoisotopic (exact) mass is 452 g/mol. The highest BCUT2D eigenvalue weighted by molar-refractivity contribution is 9.10. The molecule has 5 heteroatoms. The summed E-state index contributed by atoms with van der Waals surface area (Å²) in [6.45, 7) is 8.21. The van der Waals surface area contributed by atoms with Crippen molar-refractivity contribution in [2.45, 2.75) is 33.1 Å². The summed E-state index contributed by atoms with van der Waals surface area (Å²) in [5.41, 5.74) is 5.50. The Balaban J connectivity index is 1.60. The van der Waals surface area contributed by atoms with Crippen LogP contribution in [-0.2, 0) is 10.2 Å². The lowest BCUT2D eigenvalue weighted by Gasteiger charge is -2.20. The van der Waals surface area contributed by atoms with Gasteiger partial charge in [-0.25, -0.2) is 5.43 Å². The third-order valence-corrected chi connectivity index (χ3v) is 5.29. The molecule has 3 rings (SSSR count). The third-order valence-electron chi connectivity index (χ3n) is 4.67. The molecule has 0 fully saturated rings. The van der Waals surface area contributed by atoms with Crippen LogP contribution >= 0.6 is 15.9 Å². The number of amides is 1. The van der Waals surface area contributed by atoms with E-state index in [4.69, 9.17) is 4.74 Å². The van der Waals surface area contributed by atoms with Gasteiger partial charge in [-0.05, 0) is 68.4 Å². The summed E-state index contributed by atoms with van der Waals surface area (Å²) in [4.78, 5) is 12.1. The van der Waals surface area contributed by atoms with Crippen molar-refractivity contribution in [1.82, 2.24) is 5.43 Å². The number of carbonyl (C=O) groups is 1. The zero-order valence-electron chi connectivity index (χ0n) is 17.1. The summed E-state index contributed by atoms with van der Waals surface area (Å²) in [5.74, 6) is 0.320. The molecule has 3 aromatic carbocycles. The normalized spacial score (nSPS) is 12.1. The average Bonchev–Trinajstić information content (AvgIpc) is 2.70. The second-order valence-corrected chi connectivity index (χ2v) is 8.83. The standard InChI is InChI=1S/C24H25BrN2O2/c1-16(18-10-9-17-7-5-6-8-19(17)13-18)26-27-23(28)15-29-22-12-11-20(14-21(22)25)24(2,3)4/h5-14H,15H2,1-4H3,(H,27,28)/b26-16+. The number of hydrazone groups is 1. The summed E-state index contributed by atoms with van der Waals surface area (Å²) in [5, 5.41) is 6.52. The maximum absolute atomic E-state index is 12.1. The van der Waals surface area contributed by atoms with E-state index in [2.05, 4.69) is 65.4 Å². The van der Waals surface area contributed by atoms with E-state index in [0.29, 0.717) is 5.75 Å². The second-order valence-electron chi connectivity index (χ2n) is 7.98. The lowest BCUT2D eigenvalue weighted by atomic mass is 9.87. The summed E-state index contributed by atoms with van der Waals surface area (Å²) in [6, 6.07) is 20.2. The van der Waals surface area contributed by atoms with Crippen molar-refractivity contribution in [1.29, 1.82) is 0 Å². The first-order valence-corrected chi connectivity index (χ1v) is 10.3. The fourth-order valence-electron chi connectivity index (χ4n) is 2.89. The third kappa shape index (κ3) is 5.45. The lowest BCUT2D eigenvalue weighted by molar-refractivity contribution is -0.123. The van der Waals surface area contributed by atoms with E-state index in [9.17, 15) is 4.79 Å². The van der Waals surface area contributed by atoms with Crippen LogP contribution in [-0.4, -0.2) is 18.2 Å². The number of halogens is 1. The molecule has 0 heterocycles. The topological polar surface area (TPSA) is 50.7 Å². The number of nitrogens with one attached hydrogen (secondary N) is 1. The molecule has 1 N–H and O–H groups in total. The Bertz CT molecular complexity index is 1070. The van der Waals surface area contributed by atoms with Crippen LogP contribution in [0.4, 0.5) is 0 Å². The van der Waals surface area contributed by atoms with E-state index < -0.39 is 0 Å². The van der Waals surface area contributed by atoms with E-state index in [1.165, 1.54) is 10.9 Å². The van der Waals surface area contributed by atoms with Crippen molar-refractivity contribution in [3.05, 3.63) is 76.3 Å². The summed E-state index contributed by atoms with van der Waals surface area (Å²) in [6.07, 6.45) is 0. The number of carbonyl (C=O) groups excluding carboxylic acids is 1. The molecule has 0 aliphatic heterocycles. The van der Waals surface area contributed by atoms with Crippen molar-refractivity contribution in [3.63, 3.8) is 0 Å². The summed E-state index contributed by atoms with van der Waals surface area (Å²) in [7, 11) is 0. The van der Waals surface area contributed by atoms with Crippen LogP contribution in [0.1, 0.15) is 38.8 Å². The number of fused-ring (bicyclic) bond motifs is 1. The molecule has 0 saturated heterocycles. The Hall–Kier alpha value is -2.66. The summed E-state index contributed by atoms with van der Waals surface area (Å²) < 4.78 is 6.46. The Morgan fingerprint density at radius 1 is 1.03 bits per heavy atom. The molecule has 3 aromatic rings. The highest BCUT2D eigenvalue weighted by Gasteiger charge is 2.15. The average molecular weight is 453 g/mol. The first-order chi connectivity index (χ1) is 13.7. The van der Waals surface area contributed by atoms with Crippen LogP contribution in [0.2, 0.25) is 0 Å². The molecular weight excluding hydrogens is 428 g/mol. The Kier molecular flexibility index (Phi) is 6.38. The van der Waals surface area contributed by atoms with E-state index >= 15 is 0 Å². The van der Waals surface area contributed by atoms with Gasteiger partial charge in [-0.2, -0.15) is 5.10 Å². The van der Waals surface area contributed by atoms with Gasteiger partial charge in [0.05, 0.1) is 10.2 Å². The summed E-state index contributed by atoms with van der Waals surface area (Å²) >= 11 is 3.52. The Morgan fingerprint density at radius 2 is 1.76 bits per heavy atom. The number of benzene rings is 3. The van der Waals surface area contributed by atoms with Gasteiger partial charge in [0.15, 0.2) is 6.61 Å². The van der Waals surface area contributed by atoms with Gasteiger partial charge >= 0.3 is 0 Å². The van der Waals surface area contributed by atoms with Crippen molar-refractivity contribution in [3.8, 4) is 5.75 Å². The van der Waals surface area contributed by atoms with Gasteiger partial charge in [0.25, 0.3) is 5.91 Å². The van der Waals surface area contributed by atoms with Gasteiger partial charge < -0.3 is 4.74 Å². The molecule has 0 saturated carbocycles. The van der Waals surface area contributed by atoms with Gasteiger partial charge in [0.2, 0.25) is 0 Å². The molecule has 0 aliphatic carbocycles. The molecule has 29 heavy (non-hydrogen) atoms. The zero-order valence-corrected chi connectivity index (χ0v) is 18.7. The number of hydrogen-bond acceptors (Lipinski definition) is 3. The smallest absolute Gasteiger partial charge is 0.277 e. The van der Waals surface area contributed by atoms with E-state index in [1.54, 1.807) is 0 Å². The van der Waals surface area contributed by atoms with Crippen LogP contribution in [0, 0.1) is 0 Å². The van der Waals surface area contributed by atoms with Crippen LogP contribution in [0.3, 0.4) is 0 Å². The van der Waals surface area contributed by atoms with Crippen LogP contribution in [0.5, 0.6) is 5.75 Å². The molecule has 0 aromatic heterocycles. The van der Waals surface area contributed by atoms with Gasteiger partial charge in [0.1, 0.15) is 5.75 Å². The van der Waals surface area contributed by atoms with Gasteiger partial charge in [-0.3, -0.25) is 4.79 Å². The van der Waals surface area contributed by atoms with Gasteiger partial charge in [-0.15, -0.1) is 0 Å². The van der Waals surface area contributed by atoms with Crippen LogP contribution in [0.15, 0.2) is 70.2 Å². The van der Waals surface area contributed by atoms with Crippen molar-refractivity contribution >= 4 is 38.3 Å². The van der Waals surface area contributed by atoms with Crippen LogP contribution in [0.25, 0.3) is 10.8 Å². The number of nitrogens with zero attached hydrogens (tertiary/aromatic N) is 1. The fourth-order valence-corrected chi connectivity index (χ4v) is 3.38. The van der Waals surface area contributed by atoms with Crippen LogP contribution < -0.4 is 10.2 Å². The zero-order chi connectivity index (χ0) is 21.0. The van der Waals surface area contributed by atoms with Gasteiger partial charge in [-0.1, -0.05) is 63.2 Å². The van der Waals surface area contributed by atoms with Crippen molar-refractivity contribution in [2.75, 3.05) is 6.61 Å². The van der Waals surface area contributed by atoms with E-state index in [1.807, 2.05) is 49.4 Å². The molecular formula is C24H25BrN2O2. The minimum Gasteiger partial charge on any atom is -0.483 e. The molecule has 4 nitrogen and oxygen atoms in total. The maximum Gasteiger partial charge on any atom is 0.277 e. The van der Waals surface area contributed by atoms with E-state index in [0.717, 1.165) is 21.1 Å². The minimum atomic E-state index is -0.308. The highest BCUT2D eigenvalue weighted by Crippen LogP contribution is 2.31. The molecule has 0 unspecified atom stereocenters. The predicted octanol–water partition coefficient (Wildman–Crippen LogP) is 5.82. The predicted molar refractivity (Wildman–Crippen MR) is 123 cm³/mol. The molecule has 1 amide bonds.